The lowest BCUT2D eigenvalue weighted by Gasteiger charge is -2.20. The maximum atomic E-state index is 12.7. The van der Waals surface area contributed by atoms with Gasteiger partial charge in [0, 0.05) is 24.3 Å². The molecule has 0 saturated heterocycles. The van der Waals surface area contributed by atoms with Gasteiger partial charge in [0.25, 0.3) is 0 Å². The largest absolute Gasteiger partial charge is 0.508 e. The van der Waals surface area contributed by atoms with E-state index in [1.165, 1.54) is 45.9 Å². The van der Waals surface area contributed by atoms with E-state index in [9.17, 15) is 29.4 Å². The van der Waals surface area contributed by atoms with Gasteiger partial charge in [0.2, 0.25) is 11.8 Å². The molecule has 0 heterocycles. The Bertz CT molecular complexity index is 1080. The van der Waals surface area contributed by atoms with Crippen molar-refractivity contribution >= 4 is 45.3 Å². The molecular formula is C28H38N4O8S2. The highest BCUT2D eigenvalue weighted by Gasteiger charge is 2.27. The van der Waals surface area contributed by atoms with Crippen LogP contribution in [0.25, 0.3) is 0 Å². The highest BCUT2D eigenvalue weighted by molar-refractivity contribution is 8.76. The lowest BCUT2D eigenvalue weighted by molar-refractivity contribution is -0.147. The summed E-state index contributed by atoms with van der Waals surface area (Å²) in [5.74, 6) is -1.79. The van der Waals surface area contributed by atoms with Crippen molar-refractivity contribution in [3.63, 3.8) is 0 Å². The second-order valence-electron chi connectivity index (χ2n) is 9.15. The molecule has 0 radical (unpaired) electrons. The van der Waals surface area contributed by atoms with Crippen molar-refractivity contribution in [1.29, 1.82) is 0 Å². The summed E-state index contributed by atoms with van der Waals surface area (Å²) in [6.45, 7) is 3.61. The Balaban J connectivity index is 1.84. The Morgan fingerprint density at radius 2 is 1.02 bits per heavy atom. The van der Waals surface area contributed by atoms with Crippen LogP contribution in [0.3, 0.4) is 0 Å². The molecule has 42 heavy (non-hydrogen) atoms. The molecule has 0 aromatic heterocycles. The number of carbonyl (C=O) groups is 4. The molecule has 2 rings (SSSR count). The monoisotopic (exact) mass is 622 g/mol. The number of phenols is 2. The molecule has 12 nitrogen and oxygen atoms in total. The molecule has 8 N–H and O–H groups in total. The molecule has 0 fully saturated rings. The number of nitrogens with two attached hydrogens (primary N) is 2. The third kappa shape index (κ3) is 12.2. The summed E-state index contributed by atoms with van der Waals surface area (Å²) in [6, 6.07) is 8.66. The van der Waals surface area contributed by atoms with Crippen LogP contribution < -0.4 is 22.1 Å². The molecule has 0 aliphatic rings. The molecule has 0 bridgehead atoms. The Morgan fingerprint density at radius 1 is 0.690 bits per heavy atom. The zero-order chi connectivity index (χ0) is 31.1. The Kier molecular flexibility index (Phi) is 15.0. The second kappa shape index (κ2) is 18.2. The van der Waals surface area contributed by atoms with Gasteiger partial charge in [-0.3, -0.25) is 9.59 Å². The predicted octanol–water partition coefficient (Wildman–Crippen LogP) is 1.01. The molecule has 2 aromatic rings. The Labute approximate surface area is 252 Å². The lowest BCUT2D eigenvalue weighted by Crippen LogP contribution is -2.51. The summed E-state index contributed by atoms with van der Waals surface area (Å²) in [4.78, 5) is 50.2. The normalized spacial score (nSPS) is 13.7. The third-order valence-corrected chi connectivity index (χ3v) is 8.25. The van der Waals surface area contributed by atoms with Crippen LogP contribution in [0.1, 0.15) is 25.0 Å². The number of hydrogen-bond donors (Lipinski definition) is 6. The molecule has 2 amide bonds. The quantitative estimate of drug-likeness (QED) is 0.0832. The summed E-state index contributed by atoms with van der Waals surface area (Å²) in [6.07, 6.45) is 0.311. The molecule has 0 saturated carbocycles. The highest BCUT2D eigenvalue weighted by Crippen LogP contribution is 2.22. The fourth-order valence-corrected chi connectivity index (χ4v) is 5.80. The molecular weight excluding hydrogens is 584 g/mol. The van der Waals surface area contributed by atoms with E-state index in [1.807, 2.05) is 0 Å². The Hall–Kier alpha value is -3.46. The van der Waals surface area contributed by atoms with E-state index in [0.717, 1.165) is 0 Å². The average Bonchev–Trinajstić information content (AvgIpc) is 2.96. The lowest BCUT2D eigenvalue weighted by atomic mass is 10.1. The number of carbonyl (C=O) groups excluding carboxylic acids is 4. The molecule has 2 aromatic carbocycles. The van der Waals surface area contributed by atoms with Crippen molar-refractivity contribution in [1.82, 2.24) is 10.6 Å². The summed E-state index contributed by atoms with van der Waals surface area (Å²) in [7, 11) is 2.47. The van der Waals surface area contributed by atoms with Crippen LogP contribution >= 0.6 is 21.6 Å². The van der Waals surface area contributed by atoms with Crippen LogP contribution in [0.5, 0.6) is 11.5 Å². The van der Waals surface area contributed by atoms with Gasteiger partial charge in [-0.15, -0.1) is 0 Å². The highest BCUT2D eigenvalue weighted by atomic mass is 33.1. The van der Waals surface area contributed by atoms with Crippen molar-refractivity contribution in [2.75, 3.05) is 24.7 Å². The SMILES string of the molecule is CCOC(=O)[C@H](Cc1ccc(O)cc1)NC(=O)[C@H](N)CSSC[C@H](N)C(=O)N[C@@H](Cc1ccc(O)cc1)C(=O)OCC. The van der Waals surface area contributed by atoms with E-state index < -0.39 is 47.9 Å². The molecule has 230 valence electrons. The third-order valence-electron chi connectivity index (χ3n) is 5.78. The van der Waals surface area contributed by atoms with Gasteiger partial charge in [-0.1, -0.05) is 45.9 Å². The maximum Gasteiger partial charge on any atom is 0.328 e. The summed E-state index contributed by atoms with van der Waals surface area (Å²) >= 11 is 0. The molecule has 0 unspecified atom stereocenters. The molecule has 0 spiro atoms. The number of ether oxygens (including phenoxy) is 2. The minimum absolute atomic E-state index is 0.0807. The minimum atomic E-state index is -0.961. The van der Waals surface area contributed by atoms with E-state index in [2.05, 4.69) is 10.6 Å². The fourth-order valence-electron chi connectivity index (χ4n) is 3.56. The van der Waals surface area contributed by atoms with Gasteiger partial charge in [0.15, 0.2) is 0 Å². The zero-order valence-corrected chi connectivity index (χ0v) is 25.1. The second-order valence-corrected chi connectivity index (χ2v) is 11.7. The summed E-state index contributed by atoms with van der Waals surface area (Å²) in [5, 5.41) is 24.2. The zero-order valence-electron chi connectivity index (χ0n) is 23.5. The van der Waals surface area contributed by atoms with Gasteiger partial charge >= 0.3 is 11.9 Å². The molecule has 0 aliphatic carbocycles. The minimum Gasteiger partial charge on any atom is -0.508 e. The Morgan fingerprint density at radius 3 is 1.33 bits per heavy atom. The van der Waals surface area contributed by atoms with Gasteiger partial charge in [0.05, 0.1) is 25.3 Å². The smallest absolute Gasteiger partial charge is 0.328 e. The van der Waals surface area contributed by atoms with Crippen LogP contribution in [-0.2, 0) is 41.5 Å². The van der Waals surface area contributed by atoms with Crippen molar-refractivity contribution in [3.05, 3.63) is 59.7 Å². The van der Waals surface area contributed by atoms with Crippen molar-refractivity contribution < 1.29 is 38.9 Å². The van der Waals surface area contributed by atoms with Gasteiger partial charge in [-0.2, -0.15) is 0 Å². The van der Waals surface area contributed by atoms with E-state index in [0.29, 0.717) is 11.1 Å². The number of amides is 2. The summed E-state index contributed by atoms with van der Waals surface area (Å²) in [5.41, 5.74) is 13.5. The molecule has 14 heteroatoms. The number of phenolic OH excluding ortho intramolecular Hbond substituents is 2. The van der Waals surface area contributed by atoms with Crippen molar-refractivity contribution in [2.45, 2.75) is 50.9 Å². The first-order valence-electron chi connectivity index (χ1n) is 13.3. The maximum absolute atomic E-state index is 12.7. The van der Waals surface area contributed by atoms with E-state index in [-0.39, 0.29) is 49.1 Å². The number of esters is 2. The molecule has 0 aliphatic heterocycles. The first kappa shape index (κ1) is 34.7. The van der Waals surface area contributed by atoms with Gasteiger partial charge in [-0.05, 0) is 49.2 Å². The first-order chi connectivity index (χ1) is 20.0. The fraction of sp³-hybridized carbons (Fsp3) is 0.429. The van der Waals surface area contributed by atoms with Gasteiger partial charge < -0.3 is 41.8 Å². The number of aromatic hydroxyl groups is 2. The van der Waals surface area contributed by atoms with Crippen LogP contribution in [-0.4, -0.2) is 82.9 Å². The van der Waals surface area contributed by atoms with E-state index >= 15 is 0 Å². The van der Waals surface area contributed by atoms with Gasteiger partial charge in [-0.25, -0.2) is 9.59 Å². The predicted molar refractivity (Wildman–Crippen MR) is 162 cm³/mol. The van der Waals surface area contributed by atoms with E-state index in [1.54, 1.807) is 38.1 Å². The standard InChI is InChI=1S/C28H38N4O8S2/c1-3-39-27(37)23(13-17-5-9-19(33)10-6-17)31-25(35)21(29)15-41-42-16-22(30)26(36)32-24(28(38)40-4-2)14-18-7-11-20(34)12-8-18/h5-12,21-24,33-34H,3-4,13-16,29-30H2,1-2H3,(H,31,35)(H,32,36)/t21-,22+,23-,24-/m0/s1. The molecule has 4 atom stereocenters. The van der Waals surface area contributed by atoms with Crippen LogP contribution in [0.4, 0.5) is 0 Å². The van der Waals surface area contributed by atoms with Crippen molar-refractivity contribution in [3.8, 4) is 11.5 Å². The van der Waals surface area contributed by atoms with Crippen LogP contribution in [0, 0.1) is 0 Å². The van der Waals surface area contributed by atoms with Crippen molar-refractivity contribution in [2.24, 2.45) is 11.5 Å². The number of benzene rings is 2. The van der Waals surface area contributed by atoms with Gasteiger partial charge in [0.1, 0.15) is 23.6 Å². The summed E-state index contributed by atoms with van der Waals surface area (Å²) < 4.78 is 10.2. The number of nitrogens with one attached hydrogen (secondary N) is 2. The van der Waals surface area contributed by atoms with Crippen LogP contribution in [0.15, 0.2) is 48.5 Å². The average molecular weight is 623 g/mol. The topological polar surface area (TPSA) is 203 Å². The van der Waals surface area contributed by atoms with E-state index in [4.69, 9.17) is 20.9 Å². The number of rotatable bonds is 17. The number of hydrogen-bond acceptors (Lipinski definition) is 12. The first-order valence-corrected chi connectivity index (χ1v) is 15.8. The van der Waals surface area contributed by atoms with Crippen LogP contribution in [0.2, 0.25) is 0 Å².